The molecule has 43 heavy (non-hydrogen) atoms. The van der Waals surface area contributed by atoms with Crippen LogP contribution in [0.2, 0.25) is 0 Å². The van der Waals surface area contributed by atoms with Crippen molar-refractivity contribution < 1.29 is 4.79 Å². The zero-order valence-corrected chi connectivity index (χ0v) is 25.1. The molecule has 0 N–H and O–H groups in total. The van der Waals surface area contributed by atoms with E-state index in [-0.39, 0.29) is 18.4 Å². The summed E-state index contributed by atoms with van der Waals surface area (Å²) < 4.78 is 0. The Kier molecular flexibility index (Phi) is 7.92. The van der Waals surface area contributed by atoms with Gasteiger partial charge in [-0.2, -0.15) is 10.5 Å². The van der Waals surface area contributed by atoms with E-state index >= 15 is 0 Å². The number of rotatable bonds is 5. The second-order valence-electron chi connectivity index (χ2n) is 11.8. The zero-order valence-electron chi connectivity index (χ0n) is 25.1. The molecule has 2 fully saturated rings. The number of fused-ring (bicyclic) bond motifs is 2. The number of pyridine rings is 1. The van der Waals surface area contributed by atoms with E-state index in [9.17, 15) is 15.3 Å². The lowest BCUT2D eigenvalue weighted by molar-refractivity contribution is -0.128. The van der Waals surface area contributed by atoms with Crippen molar-refractivity contribution >= 4 is 33.9 Å². The number of hydrogen-bond acceptors (Lipinski definition) is 8. The van der Waals surface area contributed by atoms with Gasteiger partial charge in [-0.3, -0.25) is 4.79 Å². The number of carbonyl (C=O) groups excluding carboxylic acids is 1. The zero-order chi connectivity index (χ0) is 30.1. The number of nitrogens with zero attached hydrogens (tertiary/aromatic N) is 8. The second-order valence-corrected chi connectivity index (χ2v) is 11.8. The normalized spacial score (nSPS) is 19.1. The smallest absolute Gasteiger partial charge is 0.246 e. The number of piperazine rings is 2. The van der Waals surface area contributed by atoms with E-state index in [0.717, 1.165) is 61.9 Å². The lowest BCUT2D eigenvalue weighted by Gasteiger charge is -2.44. The average Bonchev–Trinajstić information content (AvgIpc) is 3.03. The Bertz CT molecular complexity index is 1640. The van der Waals surface area contributed by atoms with Gasteiger partial charge in [0, 0.05) is 69.0 Å². The van der Waals surface area contributed by atoms with Gasteiger partial charge in [0.1, 0.15) is 17.5 Å². The van der Waals surface area contributed by atoms with Crippen molar-refractivity contribution in [3.05, 3.63) is 71.4 Å². The number of amides is 1. The Balaban J connectivity index is 1.44. The van der Waals surface area contributed by atoms with Crippen LogP contribution >= 0.6 is 0 Å². The molecule has 2 saturated heterocycles. The lowest BCUT2D eigenvalue weighted by atomic mass is 9.95. The van der Waals surface area contributed by atoms with Gasteiger partial charge >= 0.3 is 0 Å². The van der Waals surface area contributed by atoms with Gasteiger partial charge in [0.25, 0.3) is 0 Å². The molecule has 0 bridgehead atoms. The predicted molar refractivity (Wildman–Crippen MR) is 170 cm³/mol. The summed E-state index contributed by atoms with van der Waals surface area (Å²) in [7, 11) is 2.12. The molecule has 0 aliphatic carbocycles. The molecule has 3 aromatic rings. The molecule has 1 atom stereocenters. The first-order chi connectivity index (χ1) is 20.9. The molecule has 3 aliphatic rings. The van der Waals surface area contributed by atoms with Crippen LogP contribution in [-0.2, 0) is 17.8 Å². The van der Waals surface area contributed by atoms with Crippen LogP contribution in [0.5, 0.6) is 0 Å². The van der Waals surface area contributed by atoms with Gasteiger partial charge in [-0.05, 0) is 43.5 Å². The fraction of sp³-hybridized carbons (Fsp3) is 0.412. The van der Waals surface area contributed by atoms with E-state index < -0.39 is 0 Å². The molecule has 6 rings (SSSR count). The molecule has 9 heteroatoms. The molecule has 0 saturated carbocycles. The molecule has 0 spiro atoms. The number of carbonyl (C=O) groups is 1. The number of likely N-dealkylation sites (N-methyl/N-ethyl adjacent to an activating group) is 1. The molecular formula is C34H38N8O. The number of aromatic nitrogens is 1. The largest absolute Gasteiger partial charge is 0.366 e. The summed E-state index contributed by atoms with van der Waals surface area (Å²) in [4.78, 5) is 28.9. The van der Waals surface area contributed by atoms with Gasteiger partial charge in [0.2, 0.25) is 5.91 Å². The Morgan fingerprint density at radius 2 is 1.77 bits per heavy atom. The summed E-state index contributed by atoms with van der Waals surface area (Å²) in [5.74, 6) is 0.595. The third-order valence-electron chi connectivity index (χ3n) is 9.24. The highest BCUT2D eigenvalue weighted by Crippen LogP contribution is 2.40. The second kappa shape index (κ2) is 11.9. The van der Waals surface area contributed by atoms with Crippen LogP contribution in [0.15, 0.2) is 49.1 Å². The van der Waals surface area contributed by atoms with Gasteiger partial charge < -0.3 is 24.5 Å². The van der Waals surface area contributed by atoms with Gasteiger partial charge in [-0.1, -0.05) is 36.9 Å². The van der Waals surface area contributed by atoms with Gasteiger partial charge in [0.05, 0.1) is 36.5 Å². The summed E-state index contributed by atoms with van der Waals surface area (Å²) in [6.07, 6.45) is 2.31. The number of aryl methyl sites for hydroxylation is 1. The van der Waals surface area contributed by atoms with E-state index in [2.05, 4.69) is 88.7 Å². The van der Waals surface area contributed by atoms with Crippen LogP contribution < -0.4 is 14.7 Å². The first kappa shape index (κ1) is 28.5. The first-order valence-corrected chi connectivity index (χ1v) is 15.1. The summed E-state index contributed by atoms with van der Waals surface area (Å²) >= 11 is 0. The van der Waals surface area contributed by atoms with Crippen molar-refractivity contribution in [3.63, 3.8) is 0 Å². The number of benzene rings is 2. The van der Waals surface area contributed by atoms with Crippen LogP contribution in [-0.4, -0.2) is 86.1 Å². The minimum atomic E-state index is -0.273. The molecule has 9 nitrogen and oxygen atoms in total. The maximum atomic E-state index is 12.6. The monoisotopic (exact) mass is 574 g/mol. The molecule has 1 aromatic heterocycles. The average molecular weight is 575 g/mol. The quantitative estimate of drug-likeness (QED) is 0.425. The number of hydrogen-bond donors (Lipinski definition) is 0. The van der Waals surface area contributed by atoms with Crippen molar-refractivity contribution in [2.75, 3.05) is 74.1 Å². The lowest BCUT2D eigenvalue weighted by Crippen LogP contribution is -2.55. The van der Waals surface area contributed by atoms with E-state index in [4.69, 9.17) is 4.98 Å². The molecule has 0 radical (unpaired) electrons. The van der Waals surface area contributed by atoms with Crippen LogP contribution in [0.25, 0.3) is 10.8 Å². The van der Waals surface area contributed by atoms with Crippen molar-refractivity contribution in [3.8, 4) is 12.1 Å². The van der Waals surface area contributed by atoms with Crippen molar-refractivity contribution in [1.82, 2.24) is 14.8 Å². The minimum Gasteiger partial charge on any atom is -0.366 e. The SMILES string of the molecule is C=CC(=O)N1CCN(c2c(C#N)c(N3CCN(C)CC3)nc3c2CCN(c2cccc4cccc(C)c24)C3)C[C@@H]1CC#N. The third-order valence-corrected chi connectivity index (χ3v) is 9.24. The predicted octanol–water partition coefficient (Wildman–Crippen LogP) is 3.85. The minimum absolute atomic E-state index is 0.156. The van der Waals surface area contributed by atoms with Crippen molar-refractivity contribution in [2.45, 2.75) is 32.4 Å². The summed E-state index contributed by atoms with van der Waals surface area (Å²) in [5.41, 5.74) is 6.12. The van der Waals surface area contributed by atoms with Gasteiger partial charge in [-0.15, -0.1) is 0 Å². The van der Waals surface area contributed by atoms with Crippen LogP contribution in [0.4, 0.5) is 17.2 Å². The number of nitriles is 2. The maximum absolute atomic E-state index is 12.6. The molecule has 1 amide bonds. The first-order valence-electron chi connectivity index (χ1n) is 15.1. The fourth-order valence-corrected chi connectivity index (χ4v) is 6.96. The van der Waals surface area contributed by atoms with Crippen LogP contribution in [0, 0.1) is 29.6 Å². The van der Waals surface area contributed by atoms with E-state index in [1.165, 1.54) is 28.1 Å². The van der Waals surface area contributed by atoms with E-state index in [0.29, 0.717) is 31.7 Å². The Hall–Kier alpha value is -4.60. The highest BCUT2D eigenvalue weighted by atomic mass is 16.2. The van der Waals surface area contributed by atoms with E-state index in [1.54, 1.807) is 4.90 Å². The molecule has 3 aliphatic heterocycles. The molecular weight excluding hydrogens is 536 g/mol. The molecule has 220 valence electrons. The Morgan fingerprint density at radius 3 is 2.49 bits per heavy atom. The van der Waals surface area contributed by atoms with Gasteiger partial charge in [-0.25, -0.2) is 4.98 Å². The maximum Gasteiger partial charge on any atom is 0.246 e. The van der Waals surface area contributed by atoms with Crippen LogP contribution in [0.1, 0.15) is 28.8 Å². The highest BCUT2D eigenvalue weighted by Gasteiger charge is 2.35. The third kappa shape index (κ3) is 5.26. The molecule has 4 heterocycles. The summed E-state index contributed by atoms with van der Waals surface area (Å²) in [6.45, 7) is 12.3. The molecule has 2 aromatic carbocycles. The van der Waals surface area contributed by atoms with Crippen LogP contribution in [0.3, 0.4) is 0 Å². The van der Waals surface area contributed by atoms with Crippen molar-refractivity contribution in [2.24, 2.45) is 0 Å². The summed E-state index contributed by atoms with van der Waals surface area (Å²) in [5, 5.41) is 22.7. The summed E-state index contributed by atoms with van der Waals surface area (Å²) in [6, 6.07) is 17.5. The highest BCUT2D eigenvalue weighted by molar-refractivity contribution is 5.97. The number of anilines is 3. The standard InChI is InChI=1S/C34H38N8O/c1-4-31(43)42-20-19-41(22-26(42)11-13-35)33-27-12-14-40(30-10-6-9-25-8-5-7-24(2)32(25)30)23-29(27)37-34(28(33)21-36)39-17-15-38(3)16-18-39/h4-10,26H,1,11-12,14-20,22-23H2,2-3H3/t26-/m0/s1. The Morgan fingerprint density at radius 1 is 1.02 bits per heavy atom. The molecule has 0 unspecified atom stereocenters. The Labute approximate surface area is 253 Å². The van der Waals surface area contributed by atoms with Crippen molar-refractivity contribution in [1.29, 1.82) is 10.5 Å². The van der Waals surface area contributed by atoms with E-state index in [1.807, 2.05) is 0 Å². The fourth-order valence-electron chi connectivity index (χ4n) is 6.96. The van der Waals surface area contributed by atoms with Gasteiger partial charge in [0.15, 0.2) is 0 Å². The topological polar surface area (TPSA) is 93.7 Å².